The van der Waals surface area contributed by atoms with Gasteiger partial charge >= 0.3 is 0 Å². The number of carbonyl (C=O) groups is 1. The standard InChI is InChI=1S/C24H26N2O3S/c1-16-6-8-18(9-7-16)25-23(27)15-26-11-10-17-13-20(28-2)21(29-3)14-19(17)24(26)22-5-4-12-30-22/h4-9,12-14,24H,10-11,15H2,1-3H3,(H,25,27)/p+1/t24-/m1/s1. The molecule has 4 rings (SSSR count). The fourth-order valence-corrected chi connectivity index (χ4v) is 5.03. The van der Waals surface area contributed by atoms with E-state index in [1.165, 1.54) is 26.5 Å². The smallest absolute Gasteiger partial charge is 0.279 e. The number of fused-ring (bicyclic) bond motifs is 1. The summed E-state index contributed by atoms with van der Waals surface area (Å²) in [5, 5.41) is 5.14. The third-order valence-corrected chi connectivity index (χ3v) is 6.57. The molecule has 2 aromatic carbocycles. The second kappa shape index (κ2) is 8.90. The third kappa shape index (κ3) is 4.20. The summed E-state index contributed by atoms with van der Waals surface area (Å²) in [6.07, 6.45) is 0.894. The van der Waals surface area contributed by atoms with E-state index in [4.69, 9.17) is 9.47 Å². The molecule has 2 N–H and O–H groups in total. The number of amides is 1. The average molecular weight is 424 g/mol. The Balaban J connectivity index is 1.62. The SMILES string of the molecule is COc1cc2c(cc1OC)[C@H](c1cccs1)[NH+](CC(=O)Nc1ccc(C)cc1)CC2. The Labute approximate surface area is 181 Å². The predicted molar refractivity (Wildman–Crippen MR) is 120 cm³/mol. The van der Waals surface area contributed by atoms with Crippen LogP contribution in [0.4, 0.5) is 5.69 Å². The largest absolute Gasteiger partial charge is 0.493 e. The number of methoxy groups -OCH3 is 2. The van der Waals surface area contributed by atoms with E-state index in [1.54, 1.807) is 25.6 Å². The molecule has 1 aliphatic rings. The van der Waals surface area contributed by atoms with Crippen LogP contribution in [0.15, 0.2) is 53.9 Å². The Hall–Kier alpha value is -2.83. The van der Waals surface area contributed by atoms with Gasteiger partial charge in [0, 0.05) is 17.7 Å². The molecule has 0 bridgehead atoms. The van der Waals surface area contributed by atoms with Crippen molar-refractivity contribution in [3.8, 4) is 11.5 Å². The van der Waals surface area contributed by atoms with E-state index in [9.17, 15) is 4.79 Å². The van der Waals surface area contributed by atoms with E-state index in [2.05, 4.69) is 35.0 Å². The van der Waals surface area contributed by atoms with Gasteiger partial charge < -0.3 is 19.7 Å². The second-order valence-electron chi connectivity index (χ2n) is 7.60. The average Bonchev–Trinajstić information content (AvgIpc) is 3.28. The van der Waals surface area contributed by atoms with Crippen LogP contribution in [0.25, 0.3) is 0 Å². The van der Waals surface area contributed by atoms with Gasteiger partial charge in [-0.25, -0.2) is 0 Å². The number of carbonyl (C=O) groups excluding carboxylic acids is 1. The quantitative estimate of drug-likeness (QED) is 0.640. The second-order valence-corrected chi connectivity index (χ2v) is 8.58. The number of aryl methyl sites for hydroxylation is 1. The molecule has 6 heteroatoms. The molecule has 0 aliphatic carbocycles. The Morgan fingerprint density at radius 3 is 2.53 bits per heavy atom. The van der Waals surface area contributed by atoms with Crippen molar-refractivity contribution in [1.29, 1.82) is 0 Å². The zero-order chi connectivity index (χ0) is 21.1. The predicted octanol–water partition coefficient (Wildman–Crippen LogP) is 3.24. The fraction of sp³-hybridized carbons (Fsp3) is 0.292. The van der Waals surface area contributed by atoms with Crippen molar-refractivity contribution >= 4 is 22.9 Å². The molecule has 1 amide bonds. The van der Waals surface area contributed by atoms with Crippen LogP contribution >= 0.6 is 11.3 Å². The normalized spacial score (nSPS) is 17.8. The summed E-state index contributed by atoms with van der Waals surface area (Å²) >= 11 is 1.73. The number of quaternary nitrogens is 1. The number of ether oxygens (including phenoxy) is 2. The van der Waals surface area contributed by atoms with Crippen LogP contribution in [0.1, 0.15) is 27.6 Å². The molecule has 0 fully saturated rings. The lowest BCUT2D eigenvalue weighted by molar-refractivity contribution is -0.919. The minimum atomic E-state index is 0.0272. The minimum absolute atomic E-state index is 0.0272. The summed E-state index contributed by atoms with van der Waals surface area (Å²) in [4.78, 5) is 15.3. The summed E-state index contributed by atoms with van der Waals surface area (Å²) in [6, 6.07) is 16.4. The van der Waals surface area contributed by atoms with Crippen LogP contribution in [0.2, 0.25) is 0 Å². The number of hydrogen-bond donors (Lipinski definition) is 2. The van der Waals surface area contributed by atoms with Crippen molar-refractivity contribution < 1.29 is 19.2 Å². The summed E-state index contributed by atoms with van der Waals surface area (Å²) < 4.78 is 11.1. The molecule has 0 radical (unpaired) electrons. The van der Waals surface area contributed by atoms with E-state index in [0.29, 0.717) is 6.54 Å². The minimum Gasteiger partial charge on any atom is -0.493 e. The van der Waals surface area contributed by atoms with Crippen molar-refractivity contribution in [2.24, 2.45) is 0 Å². The highest BCUT2D eigenvalue weighted by molar-refractivity contribution is 7.10. The molecule has 1 aromatic heterocycles. The Morgan fingerprint density at radius 2 is 1.87 bits per heavy atom. The Morgan fingerprint density at radius 1 is 1.13 bits per heavy atom. The van der Waals surface area contributed by atoms with Gasteiger partial charge in [-0.05, 0) is 48.2 Å². The van der Waals surface area contributed by atoms with Crippen LogP contribution in [-0.2, 0) is 11.2 Å². The first-order valence-electron chi connectivity index (χ1n) is 10.1. The molecule has 0 spiro atoms. The van der Waals surface area contributed by atoms with E-state index >= 15 is 0 Å². The zero-order valence-electron chi connectivity index (χ0n) is 17.5. The molecular formula is C24H27N2O3S+. The first kappa shape index (κ1) is 20.4. The van der Waals surface area contributed by atoms with Crippen molar-refractivity contribution in [2.75, 3.05) is 32.6 Å². The van der Waals surface area contributed by atoms with Gasteiger partial charge in [0.25, 0.3) is 5.91 Å². The van der Waals surface area contributed by atoms with Crippen molar-refractivity contribution in [2.45, 2.75) is 19.4 Å². The fourth-order valence-electron chi connectivity index (χ4n) is 4.13. The van der Waals surface area contributed by atoms with Gasteiger partial charge in [0.15, 0.2) is 18.0 Å². The molecule has 2 atom stereocenters. The first-order chi connectivity index (χ1) is 14.6. The van der Waals surface area contributed by atoms with Crippen LogP contribution in [-0.4, -0.2) is 33.2 Å². The maximum Gasteiger partial charge on any atom is 0.279 e. The molecule has 3 aromatic rings. The summed E-state index contributed by atoms with van der Waals surface area (Å²) in [6.45, 7) is 3.33. The van der Waals surface area contributed by atoms with E-state index in [0.717, 1.165) is 30.2 Å². The van der Waals surface area contributed by atoms with Gasteiger partial charge in [-0.3, -0.25) is 4.79 Å². The van der Waals surface area contributed by atoms with Crippen LogP contribution in [0, 0.1) is 6.92 Å². The van der Waals surface area contributed by atoms with E-state index in [1.807, 2.05) is 31.2 Å². The molecule has 1 unspecified atom stereocenters. The summed E-state index contributed by atoms with van der Waals surface area (Å²) in [5.74, 6) is 1.50. The van der Waals surface area contributed by atoms with E-state index in [-0.39, 0.29) is 11.9 Å². The number of rotatable bonds is 6. The molecule has 30 heavy (non-hydrogen) atoms. The maximum atomic E-state index is 12.8. The highest BCUT2D eigenvalue weighted by Gasteiger charge is 2.35. The van der Waals surface area contributed by atoms with Gasteiger partial charge in [0.2, 0.25) is 0 Å². The molecule has 2 heterocycles. The number of anilines is 1. The van der Waals surface area contributed by atoms with Crippen LogP contribution in [0.3, 0.4) is 0 Å². The molecule has 0 saturated heterocycles. The van der Waals surface area contributed by atoms with Gasteiger partial charge in [0.1, 0.15) is 6.04 Å². The van der Waals surface area contributed by atoms with Gasteiger partial charge in [-0.1, -0.05) is 23.8 Å². The lowest BCUT2D eigenvalue weighted by Gasteiger charge is -2.34. The molecule has 0 saturated carbocycles. The van der Waals surface area contributed by atoms with Crippen LogP contribution in [0.5, 0.6) is 11.5 Å². The lowest BCUT2D eigenvalue weighted by Crippen LogP contribution is -3.14. The molecular weight excluding hydrogens is 396 g/mol. The molecule has 5 nitrogen and oxygen atoms in total. The topological polar surface area (TPSA) is 52.0 Å². The molecule has 1 aliphatic heterocycles. The number of thiophene rings is 1. The number of benzene rings is 2. The van der Waals surface area contributed by atoms with Crippen molar-refractivity contribution in [3.05, 3.63) is 75.5 Å². The van der Waals surface area contributed by atoms with E-state index < -0.39 is 0 Å². The maximum absolute atomic E-state index is 12.8. The van der Waals surface area contributed by atoms with Crippen molar-refractivity contribution in [3.63, 3.8) is 0 Å². The van der Waals surface area contributed by atoms with Gasteiger partial charge in [-0.2, -0.15) is 0 Å². The summed E-state index contributed by atoms with van der Waals surface area (Å²) in [5.41, 5.74) is 4.48. The highest BCUT2D eigenvalue weighted by atomic mass is 32.1. The first-order valence-corrected chi connectivity index (χ1v) is 11.0. The monoisotopic (exact) mass is 423 g/mol. The third-order valence-electron chi connectivity index (χ3n) is 5.63. The number of hydrogen-bond acceptors (Lipinski definition) is 4. The lowest BCUT2D eigenvalue weighted by atomic mass is 9.91. The van der Waals surface area contributed by atoms with Gasteiger partial charge in [-0.15, -0.1) is 11.3 Å². The van der Waals surface area contributed by atoms with Gasteiger partial charge in [0.05, 0.1) is 25.6 Å². The zero-order valence-corrected chi connectivity index (χ0v) is 18.3. The number of nitrogens with one attached hydrogen (secondary N) is 2. The summed E-state index contributed by atoms with van der Waals surface area (Å²) in [7, 11) is 3.32. The van der Waals surface area contributed by atoms with Crippen molar-refractivity contribution in [1.82, 2.24) is 0 Å². The molecule has 156 valence electrons. The van der Waals surface area contributed by atoms with Crippen LogP contribution < -0.4 is 19.7 Å². The Kier molecular flexibility index (Phi) is 6.06. The Bertz CT molecular complexity index is 1020. The highest BCUT2D eigenvalue weighted by Crippen LogP contribution is 2.37.